The van der Waals surface area contributed by atoms with Crippen LogP contribution in [-0.4, -0.2) is 17.7 Å². The van der Waals surface area contributed by atoms with Gasteiger partial charge in [0.2, 0.25) is 0 Å². The van der Waals surface area contributed by atoms with E-state index in [1.54, 1.807) is 0 Å². The third-order valence-corrected chi connectivity index (χ3v) is 3.34. The van der Waals surface area contributed by atoms with Gasteiger partial charge in [-0.2, -0.15) is 0 Å². The average Bonchev–Trinajstić information content (AvgIpc) is 2.45. The maximum absolute atomic E-state index is 10.6. The van der Waals surface area contributed by atoms with Crippen molar-refractivity contribution in [1.29, 1.82) is 0 Å². The Bertz CT molecular complexity index is 388. The van der Waals surface area contributed by atoms with Crippen molar-refractivity contribution in [3.8, 4) is 5.75 Å². The Morgan fingerprint density at radius 3 is 2.55 bits per heavy atom. The van der Waals surface area contributed by atoms with E-state index >= 15 is 0 Å². The predicted octanol–water partition coefficient (Wildman–Crippen LogP) is 4.44. The molecule has 0 amide bonds. The quantitative estimate of drug-likeness (QED) is 0.608. The molecule has 20 heavy (non-hydrogen) atoms. The van der Waals surface area contributed by atoms with Gasteiger partial charge in [0, 0.05) is 6.42 Å². The second-order valence-electron chi connectivity index (χ2n) is 5.12. The number of hydrogen-bond acceptors (Lipinski definition) is 2. The third-order valence-electron chi connectivity index (χ3n) is 3.34. The van der Waals surface area contributed by atoms with E-state index in [0.717, 1.165) is 24.3 Å². The summed E-state index contributed by atoms with van der Waals surface area (Å²) in [4.78, 5) is 10.6. The Kier molecular flexibility index (Phi) is 8.52. The van der Waals surface area contributed by atoms with Gasteiger partial charge in [-0.25, -0.2) is 0 Å². The zero-order valence-electron chi connectivity index (χ0n) is 12.4. The minimum absolute atomic E-state index is 0.150. The lowest BCUT2D eigenvalue weighted by Gasteiger charge is -2.10. The Labute approximate surface area is 122 Å². The summed E-state index contributed by atoms with van der Waals surface area (Å²) in [6.45, 7) is 2.94. The molecule has 1 aromatic rings. The van der Waals surface area contributed by atoms with Crippen molar-refractivity contribution in [3.05, 3.63) is 29.8 Å². The predicted molar refractivity (Wildman–Crippen MR) is 81.3 cm³/mol. The summed E-state index contributed by atoms with van der Waals surface area (Å²) in [7, 11) is 0. The van der Waals surface area contributed by atoms with Crippen LogP contribution in [0.2, 0.25) is 0 Å². The van der Waals surface area contributed by atoms with Crippen LogP contribution in [0.3, 0.4) is 0 Å². The second-order valence-corrected chi connectivity index (χ2v) is 5.12. The van der Waals surface area contributed by atoms with E-state index in [1.165, 1.54) is 32.1 Å². The molecule has 0 radical (unpaired) electrons. The fourth-order valence-electron chi connectivity index (χ4n) is 2.16. The number of aryl methyl sites for hydroxylation is 1. The molecule has 0 aliphatic heterocycles. The summed E-state index contributed by atoms with van der Waals surface area (Å²) in [5, 5.41) is 8.74. The maximum Gasteiger partial charge on any atom is 0.303 e. The highest BCUT2D eigenvalue weighted by atomic mass is 16.5. The number of carbonyl (C=O) groups is 1. The molecule has 0 saturated heterocycles. The van der Waals surface area contributed by atoms with Gasteiger partial charge in [-0.3, -0.25) is 4.79 Å². The zero-order chi connectivity index (χ0) is 14.6. The number of rotatable bonds is 11. The van der Waals surface area contributed by atoms with E-state index in [4.69, 9.17) is 9.84 Å². The number of carboxylic acid groups (broad SMARTS) is 1. The summed E-state index contributed by atoms with van der Waals surface area (Å²) in [5.41, 5.74) is 0.987. The highest BCUT2D eigenvalue weighted by molar-refractivity contribution is 5.67. The van der Waals surface area contributed by atoms with Gasteiger partial charge in [0.25, 0.3) is 0 Å². The molecule has 112 valence electrons. The minimum Gasteiger partial charge on any atom is -0.493 e. The SMILES string of the molecule is CCCCCCCCOc1ccccc1CCC(=O)O. The summed E-state index contributed by atoms with van der Waals surface area (Å²) in [5.74, 6) is 0.0676. The lowest BCUT2D eigenvalue weighted by molar-refractivity contribution is -0.136. The van der Waals surface area contributed by atoms with Crippen molar-refractivity contribution in [1.82, 2.24) is 0 Å². The molecule has 1 N–H and O–H groups in total. The van der Waals surface area contributed by atoms with Crippen molar-refractivity contribution in [2.45, 2.75) is 58.3 Å². The fraction of sp³-hybridized carbons (Fsp3) is 0.588. The number of ether oxygens (including phenoxy) is 1. The van der Waals surface area contributed by atoms with Crippen molar-refractivity contribution in [2.24, 2.45) is 0 Å². The molecule has 0 spiro atoms. The number of carboxylic acids is 1. The monoisotopic (exact) mass is 278 g/mol. The van der Waals surface area contributed by atoms with Gasteiger partial charge in [-0.05, 0) is 24.5 Å². The molecule has 1 rings (SSSR count). The first-order valence-electron chi connectivity index (χ1n) is 7.66. The molecule has 0 fully saturated rings. The first-order chi connectivity index (χ1) is 9.74. The van der Waals surface area contributed by atoms with Gasteiger partial charge in [-0.15, -0.1) is 0 Å². The Morgan fingerprint density at radius 2 is 1.80 bits per heavy atom. The summed E-state index contributed by atoms with van der Waals surface area (Å²) >= 11 is 0. The molecule has 0 saturated carbocycles. The van der Waals surface area contributed by atoms with Gasteiger partial charge in [0.1, 0.15) is 5.75 Å². The number of aliphatic carboxylic acids is 1. The highest BCUT2D eigenvalue weighted by Crippen LogP contribution is 2.20. The molecule has 3 heteroatoms. The first-order valence-corrected chi connectivity index (χ1v) is 7.66. The zero-order valence-corrected chi connectivity index (χ0v) is 12.4. The molecular weight excluding hydrogens is 252 g/mol. The van der Waals surface area contributed by atoms with Gasteiger partial charge >= 0.3 is 5.97 Å². The number of unbranched alkanes of at least 4 members (excludes halogenated alkanes) is 5. The fourth-order valence-corrected chi connectivity index (χ4v) is 2.16. The van der Waals surface area contributed by atoms with E-state index in [9.17, 15) is 4.79 Å². The normalized spacial score (nSPS) is 10.4. The maximum atomic E-state index is 10.6. The van der Waals surface area contributed by atoms with Crippen LogP contribution in [0.15, 0.2) is 24.3 Å². The van der Waals surface area contributed by atoms with Crippen LogP contribution in [0.1, 0.15) is 57.4 Å². The second kappa shape index (κ2) is 10.3. The van der Waals surface area contributed by atoms with Crippen LogP contribution >= 0.6 is 0 Å². The van der Waals surface area contributed by atoms with Crippen LogP contribution in [0, 0.1) is 0 Å². The number of benzene rings is 1. The largest absolute Gasteiger partial charge is 0.493 e. The van der Waals surface area contributed by atoms with Gasteiger partial charge in [0.05, 0.1) is 6.61 Å². The standard InChI is InChI=1S/C17H26O3/c1-2-3-4-5-6-9-14-20-16-11-8-7-10-15(16)12-13-17(18)19/h7-8,10-11H,2-6,9,12-14H2,1H3,(H,18,19). The number of para-hydroxylation sites is 1. The Balaban J connectivity index is 2.26. The first kappa shape index (κ1) is 16.5. The van der Waals surface area contributed by atoms with Crippen molar-refractivity contribution in [2.75, 3.05) is 6.61 Å². The smallest absolute Gasteiger partial charge is 0.303 e. The Morgan fingerprint density at radius 1 is 1.10 bits per heavy atom. The van der Waals surface area contributed by atoms with Crippen molar-refractivity contribution in [3.63, 3.8) is 0 Å². The van der Waals surface area contributed by atoms with Crippen molar-refractivity contribution < 1.29 is 14.6 Å². The topological polar surface area (TPSA) is 46.5 Å². The van der Waals surface area contributed by atoms with Gasteiger partial charge < -0.3 is 9.84 Å². The van der Waals surface area contributed by atoms with Crippen LogP contribution in [0.25, 0.3) is 0 Å². The molecule has 0 bridgehead atoms. The number of hydrogen-bond donors (Lipinski definition) is 1. The van der Waals surface area contributed by atoms with Gasteiger partial charge in [-0.1, -0.05) is 57.2 Å². The highest BCUT2D eigenvalue weighted by Gasteiger charge is 2.05. The molecule has 0 heterocycles. The molecular formula is C17H26O3. The van der Waals surface area contributed by atoms with Crippen LogP contribution in [0.5, 0.6) is 5.75 Å². The Hall–Kier alpha value is -1.51. The van der Waals surface area contributed by atoms with Crippen LogP contribution in [-0.2, 0) is 11.2 Å². The molecule has 3 nitrogen and oxygen atoms in total. The van der Waals surface area contributed by atoms with E-state index in [2.05, 4.69) is 6.92 Å². The third kappa shape index (κ3) is 7.17. The van der Waals surface area contributed by atoms with E-state index < -0.39 is 5.97 Å². The summed E-state index contributed by atoms with van der Waals surface area (Å²) in [6.07, 6.45) is 8.13. The molecule has 1 aromatic carbocycles. The summed E-state index contributed by atoms with van der Waals surface area (Å²) in [6, 6.07) is 7.73. The van der Waals surface area contributed by atoms with E-state index in [-0.39, 0.29) is 6.42 Å². The lowest BCUT2D eigenvalue weighted by atomic mass is 10.1. The van der Waals surface area contributed by atoms with Crippen LogP contribution < -0.4 is 4.74 Å². The molecule has 0 aromatic heterocycles. The summed E-state index contributed by atoms with van der Waals surface area (Å²) < 4.78 is 5.78. The molecule has 0 aliphatic rings. The van der Waals surface area contributed by atoms with Crippen LogP contribution in [0.4, 0.5) is 0 Å². The van der Waals surface area contributed by atoms with E-state index in [1.807, 2.05) is 24.3 Å². The molecule has 0 unspecified atom stereocenters. The molecule has 0 aliphatic carbocycles. The van der Waals surface area contributed by atoms with Crippen molar-refractivity contribution >= 4 is 5.97 Å². The van der Waals surface area contributed by atoms with E-state index in [0.29, 0.717) is 6.42 Å². The average molecular weight is 278 g/mol. The minimum atomic E-state index is -0.768. The molecule has 0 atom stereocenters. The lowest BCUT2D eigenvalue weighted by Crippen LogP contribution is -2.02. The van der Waals surface area contributed by atoms with Gasteiger partial charge in [0.15, 0.2) is 0 Å².